The molecule has 0 heterocycles. The molecule has 2 N–H and O–H groups in total. The first kappa shape index (κ1) is 11.8. The van der Waals surface area contributed by atoms with Crippen LogP contribution in [0.5, 0.6) is 0 Å². The number of aliphatic hydroxyl groups is 1. The van der Waals surface area contributed by atoms with Crippen LogP contribution in [0.25, 0.3) is 0 Å². The third-order valence-corrected chi connectivity index (χ3v) is 3.21. The summed E-state index contributed by atoms with van der Waals surface area (Å²) < 4.78 is 12.9. The average molecular weight is 244 g/mol. The van der Waals surface area contributed by atoms with Gasteiger partial charge in [-0.25, -0.2) is 4.39 Å². The molecule has 1 fully saturated rings. The molecule has 1 unspecified atom stereocenters. The molecule has 0 saturated heterocycles. The first-order valence-electron chi connectivity index (χ1n) is 5.49. The number of hydrogen-bond donors (Lipinski definition) is 2. The number of hydrogen-bond acceptors (Lipinski definition) is 2. The Labute approximate surface area is 99.4 Å². The Kier molecular flexibility index (Phi) is 3.79. The van der Waals surface area contributed by atoms with Crippen LogP contribution in [-0.2, 0) is 6.54 Å². The first-order chi connectivity index (χ1) is 7.66. The second-order valence-electron chi connectivity index (χ2n) is 4.27. The topological polar surface area (TPSA) is 32.3 Å². The van der Waals surface area contributed by atoms with Gasteiger partial charge >= 0.3 is 0 Å². The Bertz CT molecular complexity index is 368. The van der Waals surface area contributed by atoms with Crippen molar-refractivity contribution in [3.05, 3.63) is 34.6 Å². The molecule has 2 nitrogen and oxygen atoms in total. The van der Waals surface area contributed by atoms with Crippen molar-refractivity contribution in [2.45, 2.75) is 25.5 Å². The summed E-state index contributed by atoms with van der Waals surface area (Å²) in [5.41, 5.74) is 0.727. The van der Waals surface area contributed by atoms with Gasteiger partial charge in [-0.05, 0) is 42.5 Å². The largest absolute Gasteiger partial charge is 0.392 e. The van der Waals surface area contributed by atoms with Gasteiger partial charge in [0, 0.05) is 18.1 Å². The fraction of sp³-hybridized carbons (Fsp3) is 0.500. The molecule has 1 atom stereocenters. The Morgan fingerprint density at radius 2 is 2.25 bits per heavy atom. The van der Waals surface area contributed by atoms with Crippen molar-refractivity contribution < 1.29 is 9.50 Å². The molecule has 0 spiro atoms. The summed E-state index contributed by atoms with van der Waals surface area (Å²) in [7, 11) is 0. The molecule has 88 valence electrons. The normalized spacial score (nSPS) is 17.4. The van der Waals surface area contributed by atoms with Crippen molar-refractivity contribution in [1.29, 1.82) is 0 Å². The molecule has 16 heavy (non-hydrogen) atoms. The zero-order valence-electron chi connectivity index (χ0n) is 8.92. The van der Waals surface area contributed by atoms with E-state index in [9.17, 15) is 9.50 Å². The van der Waals surface area contributed by atoms with Gasteiger partial charge in [0.05, 0.1) is 6.10 Å². The van der Waals surface area contributed by atoms with Gasteiger partial charge in [-0.2, -0.15) is 0 Å². The fourth-order valence-electron chi connectivity index (χ4n) is 1.68. The number of halogens is 2. The van der Waals surface area contributed by atoms with Crippen LogP contribution in [0.4, 0.5) is 4.39 Å². The fourth-order valence-corrected chi connectivity index (χ4v) is 1.87. The van der Waals surface area contributed by atoms with Crippen molar-refractivity contribution in [3.8, 4) is 0 Å². The molecule has 0 radical (unpaired) electrons. The van der Waals surface area contributed by atoms with Crippen LogP contribution in [0.1, 0.15) is 18.4 Å². The van der Waals surface area contributed by atoms with Crippen LogP contribution in [0.3, 0.4) is 0 Å². The number of rotatable bonds is 5. The van der Waals surface area contributed by atoms with Gasteiger partial charge in [0.15, 0.2) is 0 Å². The van der Waals surface area contributed by atoms with E-state index < -0.39 is 0 Å². The number of nitrogens with one attached hydrogen (secondary N) is 1. The van der Waals surface area contributed by atoms with E-state index in [1.807, 2.05) is 0 Å². The lowest BCUT2D eigenvalue weighted by Gasteiger charge is -2.11. The Balaban J connectivity index is 1.81. The summed E-state index contributed by atoms with van der Waals surface area (Å²) in [4.78, 5) is 0. The number of benzene rings is 1. The van der Waals surface area contributed by atoms with Crippen molar-refractivity contribution in [2.75, 3.05) is 6.54 Å². The highest BCUT2D eigenvalue weighted by Gasteiger charge is 2.29. The van der Waals surface area contributed by atoms with Crippen LogP contribution in [0, 0.1) is 11.7 Å². The van der Waals surface area contributed by atoms with Crippen molar-refractivity contribution >= 4 is 11.6 Å². The Morgan fingerprint density at radius 3 is 2.94 bits per heavy atom. The zero-order valence-corrected chi connectivity index (χ0v) is 9.67. The monoisotopic (exact) mass is 243 g/mol. The predicted molar refractivity (Wildman–Crippen MR) is 61.8 cm³/mol. The van der Waals surface area contributed by atoms with Gasteiger partial charge in [0.1, 0.15) is 5.82 Å². The second kappa shape index (κ2) is 5.13. The minimum absolute atomic E-state index is 0.285. The third kappa shape index (κ3) is 3.17. The van der Waals surface area contributed by atoms with Crippen molar-refractivity contribution in [2.24, 2.45) is 5.92 Å². The lowest BCUT2D eigenvalue weighted by atomic mass is 10.2. The van der Waals surface area contributed by atoms with Gasteiger partial charge < -0.3 is 10.4 Å². The van der Waals surface area contributed by atoms with E-state index in [0.717, 1.165) is 18.4 Å². The van der Waals surface area contributed by atoms with Crippen LogP contribution in [-0.4, -0.2) is 17.8 Å². The van der Waals surface area contributed by atoms with E-state index in [2.05, 4.69) is 5.32 Å². The quantitative estimate of drug-likeness (QED) is 0.832. The van der Waals surface area contributed by atoms with Gasteiger partial charge in [-0.1, -0.05) is 11.6 Å². The zero-order chi connectivity index (χ0) is 11.5. The lowest BCUT2D eigenvalue weighted by molar-refractivity contribution is 0.148. The maximum absolute atomic E-state index is 12.9. The second-order valence-corrected chi connectivity index (χ2v) is 4.68. The Hall–Kier alpha value is -0.640. The van der Waals surface area contributed by atoms with E-state index in [1.165, 1.54) is 12.1 Å². The van der Waals surface area contributed by atoms with Crippen molar-refractivity contribution in [1.82, 2.24) is 5.32 Å². The van der Waals surface area contributed by atoms with Gasteiger partial charge in [0.2, 0.25) is 0 Å². The molecular weight excluding hydrogens is 229 g/mol. The van der Waals surface area contributed by atoms with Crippen molar-refractivity contribution in [3.63, 3.8) is 0 Å². The minimum Gasteiger partial charge on any atom is -0.392 e. The van der Waals surface area contributed by atoms with Crippen LogP contribution in [0.2, 0.25) is 5.02 Å². The third-order valence-electron chi connectivity index (χ3n) is 2.84. The molecule has 4 heteroatoms. The summed E-state index contributed by atoms with van der Waals surface area (Å²) >= 11 is 5.92. The predicted octanol–water partition coefficient (Wildman–Crippen LogP) is 2.34. The standard InChI is InChI=1S/C12H15ClFNO/c13-11-4-3-10(14)5-9(11)6-15-7-12(16)8-1-2-8/h3-5,8,12,15-16H,1-2,6-7H2. The molecule has 0 aliphatic heterocycles. The molecule has 1 aromatic carbocycles. The molecule has 1 aromatic rings. The molecule has 1 saturated carbocycles. The summed E-state index contributed by atoms with van der Waals surface area (Å²) in [6, 6.07) is 4.30. The van der Waals surface area contributed by atoms with E-state index in [4.69, 9.17) is 11.6 Å². The summed E-state index contributed by atoms with van der Waals surface area (Å²) in [5.74, 6) is 0.166. The van der Waals surface area contributed by atoms with Gasteiger partial charge in [-0.3, -0.25) is 0 Å². The minimum atomic E-state index is -0.288. The summed E-state index contributed by atoms with van der Waals surface area (Å²) in [6.07, 6.45) is 1.94. The van der Waals surface area contributed by atoms with Crippen LogP contribution < -0.4 is 5.32 Å². The molecule has 0 amide bonds. The smallest absolute Gasteiger partial charge is 0.123 e. The lowest BCUT2D eigenvalue weighted by Crippen LogP contribution is -2.27. The maximum Gasteiger partial charge on any atom is 0.123 e. The van der Waals surface area contributed by atoms with E-state index >= 15 is 0 Å². The van der Waals surface area contributed by atoms with E-state index in [0.29, 0.717) is 24.0 Å². The van der Waals surface area contributed by atoms with Gasteiger partial charge in [0.25, 0.3) is 0 Å². The average Bonchev–Trinajstić information content (AvgIpc) is 3.06. The molecule has 0 aromatic heterocycles. The molecular formula is C12H15ClFNO. The van der Waals surface area contributed by atoms with Crippen LogP contribution in [0.15, 0.2) is 18.2 Å². The Morgan fingerprint density at radius 1 is 1.50 bits per heavy atom. The molecule has 2 rings (SSSR count). The highest BCUT2D eigenvalue weighted by Crippen LogP contribution is 2.32. The van der Waals surface area contributed by atoms with Crippen LogP contribution >= 0.6 is 11.6 Å². The van der Waals surface area contributed by atoms with Gasteiger partial charge in [-0.15, -0.1) is 0 Å². The first-order valence-corrected chi connectivity index (χ1v) is 5.87. The van der Waals surface area contributed by atoms with E-state index in [-0.39, 0.29) is 11.9 Å². The van der Waals surface area contributed by atoms with E-state index in [1.54, 1.807) is 6.07 Å². The highest BCUT2D eigenvalue weighted by atomic mass is 35.5. The number of aliphatic hydroxyl groups excluding tert-OH is 1. The summed E-state index contributed by atoms with van der Waals surface area (Å²) in [5, 5.41) is 13.3. The highest BCUT2D eigenvalue weighted by molar-refractivity contribution is 6.31. The SMILES string of the molecule is OC(CNCc1cc(F)ccc1Cl)C1CC1. The summed E-state index contributed by atoms with van der Waals surface area (Å²) in [6.45, 7) is 1.03. The molecule has 1 aliphatic rings. The molecule has 1 aliphatic carbocycles. The maximum atomic E-state index is 12.9. The molecule has 0 bridgehead atoms.